The molecule has 0 amide bonds. The number of hydrogen-bond donors (Lipinski definition) is 4. The number of hydrogen-bond acceptors (Lipinski definition) is 8. The van der Waals surface area contributed by atoms with Crippen LogP contribution in [0, 0.1) is 0 Å². The minimum atomic E-state index is -1.23. The SMILES string of the molecule is OC[C@H]1O[C@@H](n2cnc3c(O)ncnc32)C(O)C1O.[NaH].[NaH]. The zero-order valence-electron chi connectivity index (χ0n) is 9.66. The van der Waals surface area contributed by atoms with Crippen LogP contribution in [0.5, 0.6) is 5.88 Å². The summed E-state index contributed by atoms with van der Waals surface area (Å²) in [7, 11) is 0. The number of nitrogens with zero attached hydrogens (tertiary/aromatic N) is 4. The Morgan fingerprint density at radius 2 is 1.86 bits per heavy atom. The number of imidazole rings is 1. The summed E-state index contributed by atoms with van der Waals surface area (Å²) in [5, 5.41) is 38.2. The number of rotatable bonds is 2. The fourth-order valence-electron chi connectivity index (χ4n) is 2.14. The van der Waals surface area contributed by atoms with E-state index in [-0.39, 0.29) is 76.2 Å². The van der Waals surface area contributed by atoms with Crippen LogP contribution in [0.25, 0.3) is 11.2 Å². The summed E-state index contributed by atoms with van der Waals surface area (Å²) in [6.45, 7) is -0.415. The molecule has 2 aromatic heterocycles. The molecule has 0 aliphatic carbocycles. The van der Waals surface area contributed by atoms with Crippen molar-refractivity contribution in [3.05, 3.63) is 12.7 Å². The van der Waals surface area contributed by atoms with Gasteiger partial charge in [0.25, 0.3) is 0 Å². The summed E-state index contributed by atoms with van der Waals surface area (Å²) in [4.78, 5) is 11.5. The Balaban J connectivity index is 0.00000110. The molecular weight excluding hydrogens is 302 g/mol. The van der Waals surface area contributed by atoms with Gasteiger partial charge >= 0.3 is 59.1 Å². The van der Waals surface area contributed by atoms with Gasteiger partial charge in [0.2, 0.25) is 5.88 Å². The van der Waals surface area contributed by atoms with Crippen LogP contribution < -0.4 is 0 Å². The molecule has 3 rings (SSSR count). The predicted molar refractivity (Wildman–Crippen MR) is 74.3 cm³/mol. The van der Waals surface area contributed by atoms with Crippen LogP contribution in [0.3, 0.4) is 0 Å². The Kier molecular flexibility index (Phi) is 7.00. The van der Waals surface area contributed by atoms with Crippen molar-refractivity contribution >= 4 is 70.3 Å². The van der Waals surface area contributed by atoms with Gasteiger partial charge in [-0.2, -0.15) is 4.98 Å². The average molecular weight is 316 g/mol. The van der Waals surface area contributed by atoms with Crippen molar-refractivity contribution < 1.29 is 25.2 Å². The van der Waals surface area contributed by atoms with Gasteiger partial charge in [-0.15, -0.1) is 0 Å². The van der Waals surface area contributed by atoms with Crippen LogP contribution in [-0.2, 0) is 4.74 Å². The zero-order chi connectivity index (χ0) is 13.6. The predicted octanol–water partition coefficient (Wildman–Crippen LogP) is -3.15. The van der Waals surface area contributed by atoms with Gasteiger partial charge in [0, 0.05) is 0 Å². The van der Waals surface area contributed by atoms with Crippen LogP contribution in [-0.4, -0.2) is 124 Å². The summed E-state index contributed by atoms with van der Waals surface area (Å²) < 4.78 is 6.73. The minimum absolute atomic E-state index is 0. The first-order chi connectivity index (χ1) is 9.13. The molecule has 106 valence electrons. The molecule has 4 N–H and O–H groups in total. The third kappa shape index (κ3) is 3.27. The van der Waals surface area contributed by atoms with Crippen molar-refractivity contribution in [3.8, 4) is 5.88 Å². The average Bonchev–Trinajstić information content (AvgIpc) is 2.94. The van der Waals surface area contributed by atoms with E-state index in [9.17, 15) is 15.3 Å². The summed E-state index contributed by atoms with van der Waals surface area (Å²) in [6, 6.07) is 0. The third-order valence-corrected chi connectivity index (χ3v) is 3.13. The van der Waals surface area contributed by atoms with Crippen LogP contribution >= 0.6 is 0 Å². The van der Waals surface area contributed by atoms with Crippen molar-refractivity contribution in [1.29, 1.82) is 0 Å². The van der Waals surface area contributed by atoms with Gasteiger partial charge in [-0.1, -0.05) is 0 Å². The fraction of sp³-hybridized carbons (Fsp3) is 0.500. The van der Waals surface area contributed by atoms with Gasteiger partial charge in [-0.25, -0.2) is 9.97 Å². The second-order valence-electron chi connectivity index (χ2n) is 4.25. The van der Waals surface area contributed by atoms with E-state index >= 15 is 0 Å². The molecule has 3 heterocycles. The summed E-state index contributed by atoms with van der Waals surface area (Å²) in [6.07, 6.45) is -1.79. The molecule has 1 saturated heterocycles. The van der Waals surface area contributed by atoms with Crippen molar-refractivity contribution in [2.24, 2.45) is 0 Å². The number of ether oxygens (including phenoxy) is 1. The molecule has 0 saturated carbocycles. The molecule has 4 atom stereocenters. The molecule has 0 radical (unpaired) electrons. The topological polar surface area (TPSA) is 134 Å². The van der Waals surface area contributed by atoms with Gasteiger partial charge in [0.1, 0.15) is 24.6 Å². The normalized spacial score (nSPS) is 28.1. The van der Waals surface area contributed by atoms with Crippen LogP contribution in [0.2, 0.25) is 0 Å². The Bertz CT molecular complexity index is 612. The Labute approximate surface area is 163 Å². The van der Waals surface area contributed by atoms with Gasteiger partial charge < -0.3 is 25.2 Å². The molecule has 1 aliphatic rings. The molecule has 2 unspecified atom stereocenters. The van der Waals surface area contributed by atoms with Crippen molar-refractivity contribution in [2.75, 3.05) is 6.61 Å². The standard InChI is InChI=1S/C10H12N4O5.2Na.2H/c15-1-4-6(16)7(17)10(19-4)14-3-13-5-8(14)11-2-12-9(5)18;;;;/h2-4,6-7,10,15-17H,1H2,(H,11,12,18);;;;/t4-,6?,7?,10-;;;;/m1..../s1. The second kappa shape index (κ2) is 7.64. The molecule has 1 fully saturated rings. The number of aliphatic hydroxyl groups excluding tert-OH is 3. The number of aromatic nitrogens is 4. The molecule has 9 nitrogen and oxygen atoms in total. The first kappa shape index (κ1) is 19.2. The van der Waals surface area contributed by atoms with Crippen LogP contribution in [0.15, 0.2) is 12.7 Å². The van der Waals surface area contributed by atoms with E-state index < -0.39 is 31.1 Å². The zero-order valence-corrected chi connectivity index (χ0v) is 9.66. The van der Waals surface area contributed by atoms with E-state index in [0.717, 1.165) is 6.33 Å². The number of aliphatic hydroxyl groups is 3. The fourth-order valence-corrected chi connectivity index (χ4v) is 2.14. The van der Waals surface area contributed by atoms with Gasteiger partial charge in [0.05, 0.1) is 12.9 Å². The van der Waals surface area contributed by atoms with E-state index in [2.05, 4.69) is 15.0 Å². The van der Waals surface area contributed by atoms with Gasteiger partial charge in [-0.05, 0) is 0 Å². The Hall–Kier alpha value is 0.190. The van der Waals surface area contributed by atoms with Crippen LogP contribution in [0.1, 0.15) is 6.23 Å². The molecule has 0 aromatic carbocycles. The summed E-state index contributed by atoms with van der Waals surface area (Å²) in [5.74, 6) is -0.282. The van der Waals surface area contributed by atoms with Crippen molar-refractivity contribution in [1.82, 2.24) is 19.5 Å². The van der Waals surface area contributed by atoms with E-state index in [0.29, 0.717) is 0 Å². The van der Waals surface area contributed by atoms with Gasteiger partial charge in [-0.3, -0.25) is 4.57 Å². The second-order valence-corrected chi connectivity index (χ2v) is 4.25. The van der Waals surface area contributed by atoms with Gasteiger partial charge in [0.15, 0.2) is 17.4 Å². The maximum absolute atomic E-state index is 9.92. The molecule has 1 aliphatic heterocycles. The quantitative estimate of drug-likeness (QED) is 0.427. The maximum atomic E-state index is 9.92. The Morgan fingerprint density at radius 1 is 1.14 bits per heavy atom. The summed E-state index contributed by atoms with van der Waals surface area (Å²) >= 11 is 0. The third-order valence-electron chi connectivity index (χ3n) is 3.13. The van der Waals surface area contributed by atoms with E-state index in [4.69, 9.17) is 9.84 Å². The van der Waals surface area contributed by atoms with Crippen molar-refractivity contribution in [2.45, 2.75) is 24.5 Å². The molecule has 11 heteroatoms. The molecule has 2 aromatic rings. The first-order valence-electron chi connectivity index (χ1n) is 5.62. The van der Waals surface area contributed by atoms with E-state index in [1.165, 1.54) is 10.9 Å². The van der Waals surface area contributed by atoms with Crippen LogP contribution in [0.4, 0.5) is 0 Å². The van der Waals surface area contributed by atoms with Crippen molar-refractivity contribution in [3.63, 3.8) is 0 Å². The first-order valence-corrected chi connectivity index (χ1v) is 5.62. The number of aromatic hydroxyl groups is 1. The summed E-state index contributed by atoms with van der Waals surface area (Å²) in [5.41, 5.74) is 0.433. The molecule has 0 bridgehead atoms. The Morgan fingerprint density at radius 3 is 2.48 bits per heavy atom. The number of fused-ring (bicyclic) bond motifs is 1. The monoisotopic (exact) mass is 316 g/mol. The molecule has 0 spiro atoms. The molecule has 21 heavy (non-hydrogen) atoms. The molecular formula is C10H14N4Na2O5. The van der Waals surface area contributed by atoms with E-state index in [1.807, 2.05) is 0 Å². The van der Waals surface area contributed by atoms with E-state index in [1.54, 1.807) is 0 Å².